The molecular weight excluding hydrogens is 256 g/mol. The molecule has 0 bridgehead atoms. The number of ether oxygens (including phenoxy) is 2. The van der Waals surface area contributed by atoms with Gasteiger partial charge in [-0.2, -0.15) is 9.97 Å². The zero-order chi connectivity index (χ0) is 13.1. The number of hydrogen-bond donors (Lipinski definition) is 1. The van der Waals surface area contributed by atoms with Gasteiger partial charge in [0.15, 0.2) is 0 Å². The molecule has 2 N–H and O–H groups in total. The third kappa shape index (κ3) is 2.78. The SMILES string of the molecule is COc1nc(N)nc(Oc2cc(Cl)ccc2C)n1. The number of halogens is 1. The quantitative estimate of drug-likeness (QED) is 0.917. The molecule has 18 heavy (non-hydrogen) atoms. The molecule has 0 saturated carbocycles. The number of rotatable bonds is 3. The Hall–Kier alpha value is -2.08. The molecule has 1 aromatic heterocycles. The van der Waals surface area contributed by atoms with Gasteiger partial charge in [-0.25, -0.2) is 0 Å². The van der Waals surface area contributed by atoms with Crippen molar-refractivity contribution in [1.82, 2.24) is 15.0 Å². The minimum absolute atomic E-state index is 0.0246. The Labute approximate surface area is 109 Å². The molecule has 0 aliphatic rings. The van der Waals surface area contributed by atoms with Crippen molar-refractivity contribution in [2.24, 2.45) is 0 Å². The van der Waals surface area contributed by atoms with E-state index in [0.29, 0.717) is 10.8 Å². The maximum Gasteiger partial charge on any atom is 0.330 e. The average molecular weight is 267 g/mol. The Kier molecular flexibility index (Phi) is 3.47. The predicted molar refractivity (Wildman–Crippen MR) is 67.1 cm³/mol. The summed E-state index contributed by atoms with van der Waals surface area (Å²) in [6, 6.07) is 5.43. The maximum atomic E-state index is 5.89. The summed E-state index contributed by atoms with van der Waals surface area (Å²) >= 11 is 5.89. The zero-order valence-electron chi connectivity index (χ0n) is 9.85. The Morgan fingerprint density at radius 2 is 1.89 bits per heavy atom. The van der Waals surface area contributed by atoms with E-state index in [0.717, 1.165) is 5.56 Å². The van der Waals surface area contributed by atoms with Gasteiger partial charge in [0.25, 0.3) is 0 Å². The molecule has 6 nitrogen and oxygen atoms in total. The molecule has 0 spiro atoms. The molecule has 0 aliphatic heterocycles. The highest BCUT2D eigenvalue weighted by Gasteiger charge is 2.08. The molecule has 0 unspecified atom stereocenters. The lowest BCUT2D eigenvalue weighted by Crippen LogP contribution is -2.03. The van der Waals surface area contributed by atoms with Crippen LogP contribution >= 0.6 is 11.6 Å². The highest BCUT2D eigenvalue weighted by atomic mass is 35.5. The molecule has 2 rings (SSSR count). The molecule has 2 aromatic rings. The fraction of sp³-hybridized carbons (Fsp3) is 0.182. The van der Waals surface area contributed by atoms with Crippen LogP contribution in [0.1, 0.15) is 5.56 Å². The second-order valence-corrected chi connectivity index (χ2v) is 3.91. The number of aromatic nitrogens is 3. The van der Waals surface area contributed by atoms with Crippen molar-refractivity contribution in [1.29, 1.82) is 0 Å². The lowest BCUT2D eigenvalue weighted by molar-refractivity contribution is 0.360. The van der Waals surface area contributed by atoms with Crippen LogP contribution in [0.15, 0.2) is 18.2 Å². The molecule has 0 radical (unpaired) electrons. The van der Waals surface area contributed by atoms with Crippen molar-refractivity contribution in [3.05, 3.63) is 28.8 Å². The molecule has 94 valence electrons. The maximum absolute atomic E-state index is 5.89. The van der Waals surface area contributed by atoms with Crippen LogP contribution < -0.4 is 15.2 Å². The van der Waals surface area contributed by atoms with Crippen LogP contribution in [-0.2, 0) is 0 Å². The lowest BCUT2D eigenvalue weighted by atomic mass is 10.2. The van der Waals surface area contributed by atoms with E-state index < -0.39 is 0 Å². The topological polar surface area (TPSA) is 83.2 Å². The second-order valence-electron chi connectivity index (χ2n) is 3.47. The fourth-order valence-corrected chi connectivity index (χ4v) is 1.43. The van der Waals surface area contributed by atoms with Gasteiger partial charge in [0, 0.05) is 5.02 Å². The number of hydrogen-bond acceptors (Lipinski definition) is 6. The molecule has 0 aliphatic carbocycles. The highest BCUT2D eigenvalue weighted by molar-refractivity contribution is 6.30. The molecule has 1 heterocycles. The Bertz CT molecular complexity index is 577. The van der Waals surface area contributed by atoms with Crippen molar-refractivity contribution < 1.29 is 9.47 Å². The molecule has 0 amide bonds. The van der Waals surface area contributed by atoms with Crippen LogP contribution in [0.3, 0.4) is 0 Å². The summed E-state index contributed by atoms with van der Waals surface area (Å²) in [5.41, 5.74) is 6.41. The smallest absolute Gasteiger partial charge is 0.330 e. The van der Waals surface area contributed by atoms with Gasteiger partial charge in [0.2, 0.25) is 5.95 Å². The van der Waals surface area contributed by atoms with Crippen molar-refractivity contribution in [2.75, 3.05) is 12.8 Å². The van der Waals surface area contributed by atoms with E-state index >= 15 is 0 Å². The first-order valence-corrected chi connectivity index (χ1v) is 5.46. The standard InChI is InChI=1S/C11H11ClN4O2/c1-6-3-4-7(12)5-8(6)18-11-15-9(13)14-10(16-11)17-2/h3-5H,1-2H3,(H2,13,14,15,16). The zero-order valence-corrected chi connectivity index (χ0v) is 10.6. The van der Waals surface area contributed by atoms with E-state index in [-0.39, 0.29) is 18.0 Å². The Morgan fingerprint density at radius 3 is 2.61 bits per heavy atom. The first kappa shape index (κ1) is 12.4. The molecule has 1 aromatic carbocycles. The predicted octanol–water partition coefficient (Wildman–Crippen LogP) is 2.22. The van der Waals surface area contributed by atoms with Gasteiger partial charge in [0.05, 0.1) is 7.11 Å². The van der Waals surface area contributed by atoms with Gasteiger partial charge >= 0.3 is 12.0 Å². The van der Waals surface area contributed by atoms with Crippen LogP contribution in [0.4, 0.5) is 5.95 Å². The number of nitrogens with two attached hydrogens (primary N) is 1. The van der Waals surface area contributed by atoms with Crippen molar-refractivity contribution in [3.63, 3.8) is 0 Å². The van der Waals surface area contributed by atoms with Crippen molar-refractivity contribution >= 4 is 17.5 Å². The van der Waals surface area contributed by atoms with Crippen LogP contribution in [0.2, 0.25) is 5.02 Å². The highest BCUT2D eigenvalue weighted by Crippen LogP contribution is 2.26. The van der Waals surface area contributed by atoms with Crippen LogP contribution in [-0.4, -0.2) is 22.1 Å². The summed E-state index contributed by atoms with van der Waals surface area (Å²) in [5.74, 6) is 0.576. The van der Waals surface area contributed by atoms with Crippen LogP contribution in [0, 0.1) is 6.92 Å². The fourth-order valence-electron chi connectivity index (χ4n) is 1.27. The summed E-state index contributed by atoms with van der Waals surface area (Å²) in [6.45, 7) is 1.88. The molecule has 0 saturated heterocycles. The van der Waals surface area contributed by atoms with E-state index in [4.69, 9.17) is 26.8 Å². The summed E-state index contributed by atoms with van der Waals surface area (Å²) < 4.78 is 10.4. The van der Waals surface area contributed by atoms with Crippen molar-refractivity contribution in [2.45, 2.75) is 6.92 Å². The Balaban J connectivity index is 2.33. The van der Waals surface area contributed by atoms with E-state index in [1.165, 1.54) is 7.11 Å². The van der Waals surface area contributed by atoms with Gasteiger partial charge in [-0.3, -0.25) is 0 Å². The van der Waals surface area contributed by atoms with Gasteiger partial charge < -0.3 is 15.2 Å². The van der Waals surface area contributed by atoms with Gasteiger partial charge in [0.1, 0.15) is 5.75 Å². The summed E-state index contributed by atoms with van der Waals surface area (Å²) in [6.07, 6.45) is 0. The van der Waals surface area contributed by atoms with Gasteiger partial charge in [-0.15, -0.1) is 4.98 Å². The third-order valence-electron chi connectivity index (χ3n) is 2.15. The number of anilines is 1. The molecule has 7 heteroatoms. The average Bonchev–Trinajstić information content (AvgIpc) is 2.33. The minimum Gasteiger partial charge on any atom is -0.467 e. The molecule has 0 atom stereocenters. The largest absolute Gasteiger partial charge is 0.467 e. The third-order valence-corrected chi connectivity index (χ3v) is 2.38. The molecule has 0 fully saturated rings. The summed E-state index contributed by atoms with van der Waals surface area (Å²) in [7, 11) is 1.43. The monoisotopic (exact) mass is 266 g/mol. The number of aryl methyl sites for hydroxylation is 1. The van der Waals surface area contributed by atoms with Crippen LogP contribution in [0.25, 0.3) is 0 Å². The molecular formula is C11H11ClN4O2. The number of methoxy groups -OCH3 is 1. The van der Waals surface area contributed by atoms with E-state index in [2.05, 4.69) is 15.0 Å². The van der Waals surface area contributed by atoms with Crippen molar-refractivity contribution in [3.8, 4) is 17.8 Å². The normalized spacial score (nSPS) is 10.2. The number of nitrogens with zero attached hydrogens (tertiary/aromatic N) is 3. The van der Waals surface area contributed by atoms with E-state index in [1.54, 1.807) is 12.1 Å². The first-order chi connectivity index (χ1) is 8.58. The van der Waals surface area contributed by atoms with E-state index in [1.807, 2.05) is 13.0 Å². The second kappa shape index (κ2) is 5.05. The summed E-state index contributed by atoms with van der Waals surface area (Å²) in [4.78, 5) is 11.5. The van der Waals surface area contributed by atoms with Gasteiger partial charge in [-0.05, 0) is 24.6 Å². The van der Waals surface area contributed by atoms with E-state index in [9.17, 15) is 0 Å². The van der Waals surface area contributed by atoms with Gasteiger partial charge in [-0.1, -0.05) is 17.7 Å². The number of nitrogen functional groups attached to an aromatic ring is 1. The number of benzene rings is 1. The lowest BCUT2D eigenvalue weighted by Gasteiger charge is -2.08. The van der Waals surface area contributed by atoms with Crippen LogP contribution in [0.5, 0.6) is 17.8 Å². The Morgan fingerprint density at radius 1 is 1.17 bits per heavy atom. The minimum atomic E-state index is 0.0246. The summed E-state index contributed by atoms with van der Waals surface area (Å²) in [5, 5.41) is 0.560. The first-order valence-electron chi connectivity index (χ1n) is 5.08.